The molecule has 1 aromatic heterocycles. The third-order valence-corrected chi connectivity index (χ3v) is 4.28. The fraction of sp³-hybridized carbons (Fsp3) is 0.600. The van der Waals surface area contributed by atoms with Gasteiger partial charge in [-0.15, -0.1) is 11.3 Å². The van der Waals surface area contributed by atoms with E-state index < -0.39 is 6.10 Å². The SMILES string of the molecule is CC(C)(C)SCC(O)c1ccc(Cl)s1. The minimum atomic E-state index is -0.392. The molecule has 1 aromatic rings. The highest BCUT2D eigenvalue weighted by Gasteiger charge is 2.16. The van der Waals surface area contributed by atoms with Crippen LogP contribution in [0.3, 0.4) is 0 Å². The molecule has 1 heterocycles. The molecular weight excluding hydrogens is 236 g/mol. The van der Waals surface area contributed by atoms with Crippen molar-refractivity contribution in [2.75, 3.05) is 5.75 Å². The number of rotatable bonds is 3. The number of aliphatic hydroxyl groups is 1. The smallest absolute Gasteiger partial charge is 0.0972 e. The van der Waals surface area contributed by atoms with Gasteiger partial charge in [0.1, 0.15) is 0 Å². The van der Waals surface area contributed by atoms with Crippen LogP contribution in [0.4, 0.5) is 0 Å². The highest BCUT2D eigenvalue weighted by atomic mass is 35.5. The zero-order chi connectivity index (χ0) is 10.8. The molecule has 1 rings (SSSR count). The molecule has 0 aliphatic heterocycles. The van der Waals surface area contributed by atoms with Gasteiger partial charge in [-0.05, 0) is 12.1 Å². The third-order valence-electron chi connectivity index (χ3n) is 1.60. The van der Waals surface area contributed by atoms with E-state index in [-0.39, 0.29) is 4.75 Å². The van der Waals surface area contributed by atoms with Crippen molar-refractivity contribution in [1.82, 2.24) is 0 Å². The zero-order valence-electron chi connectivity index (χ0n) is 8.58. The topological polar surface area (TPSA) is 20.2 Å². The van der Waals surface area contributed by atoms with Crippen LogP contribution in [0.2, 0.25) is 4.34 Å². The first-order valence-corrected chi connectivity index (χ1v) is 6.64. The van der Waals surface area contributed by atoms with Crippen LogP contribution in [0.15, 0.2) is 12.1 Å². The highest BCUT2D eigenvalue weighted by Crippen LogP contribution is 2.32. The lowest BCUT2D eigenvalue weighted by molar-refractivity contribution is 0.207. The van der Waals surface area contributed by atoms with E-state index in [9.17, 15) is 5.11 Å². The first-order valence-electron chi connectivity index (χ1n) is 4.46. The van der Waals surface area contributed by atoms with E-state index >= 15 is 0 Å². The van der Waals surface area contributed by atoms with Gasteiger partial charge in [0.05, 0.1) is 10.4 Å². The molecule has 0 fully saturated rings. The maximum atomic E-state index is 9.83. The van der Waals surface area contributed by atoms with Crippen molar-refractivity contribution in [3.05, 3.63) is 21.3 Å². The molecule has 0 aliphatic carbocycles. The Morgan fingerprint density at radius 1 is 1.50 bits per heavy atom. The lowest BCUT2D eigenvalue weighted by atomic mass is 10.3. The van der Waals surface area contributed by atoms with Crippen LogP contribution >= 0.6 is 34.7 Å². The Labute approximate surface area is 98.5 Å². The van der Waals surface area contributed by atoms with Gasteiger partial charge in [0.15, 0.2) is 0 Å². The zero-order valence-corrected chi connectivity index (χ0v) is 11.0. The Morgan fingerprint density at radius 2 is 2.14 bits per heavy atom. The number of halogens is 1. The standard InChI is InChI=1S/C10H15ClOS2/c1-10(2,3)13-6-7(12)8-4-5-9(11)14-8/h4-5,7,12H,6H2,1-3H3. The van der Waals surface area contributed by atoms with E-state index in [1.54, 1.807) is 11.8 Å². The molecule has 1 unspecified atom stereocenters. The van der Waals surface area contributed by atoms with Crippen LogP contribution in [0, 0.1) is 0 Å². The molecule has 0 saturated carbocycles. The lowest BCUT2D eigenvalue weighted by Crippen LogP contribution is -2.11. The van der Waals surface area contributed by atoms with E-state index in [1.165, 1.54) is 11.3 Å². The summed E-state index contributed by atoms with van der Waals surface area (Å²) in [4.78, 5) is 0.951. The molecule has 0 bridgehead atoms. The maximum Gasteiger partial charge on any atom is 0.0972 e. The van der Waals surface area contributed by atoms with Crippen molar-refractivity contribution in [3.63, 3.8) is 0 Å². The van der Waals surface area contributed by atoms with Gasteiger partial charge in [-0.25, -0.2) is 0 Å². The summed E-state index contributed by atoms with van der Waals surface area (Å²) in [6.07, 6.45) is -0.392. The van der Waals surface area contributed by atoms with Crippen molar-refractivity contribution in [3.8, 4) is 0 Å². The fourth-order valence-electron chi connectivity index (χ4n) is 0.918. The van der Waals surface area contributed by atoms with Gasteiger partial charge >= 0.3 is 0 Å². The van der Waals surface area contributed by atoms with Crippen LogP contribution in [-0.4, -0.2) is 15.6 Å². The average molecular weight is 251 g/mol. The van der Waals surface area contributed by atoms with Gasteiger partial charge in [-0.3, -0.25) is 0 Å². The van der Waals surface area contributed by atoms with Crippen molar-refractivity contribution >= 4 is 34.7 Å². The van der Waals surface area contributed by atoms with Crippen LogP contribution in [-0.2, 0) is 0 Å². The molecule has 0 aliphatic rings. The number of thiophene rings is 1. The summed E-state index contributed by atoms with van der Waals surface area (Å²) in [5.74, 6) is 0.723. The molecule has 0 amide bonds. The van der Waals surface area contributed by atoms with Gasteiger partial charge in [0, 0.05) is 15.4 Å². The van der Waals surface area contributed by atoms with Crippen LogP contribution < -0.4 is 0 Å². The second kappa shape index (κ2) is 4.88. The Morgan fingerprint density at radius 3 is 2.57 bits per heavy atom. The average Bonchev–Trinajstić information content (AvgIpc) is 2.46. The first-order chi connectivity index (χ1) is 6.38. The second-order valence-corrected chi connectivity index (χ2v) is 7.67. The third kappa shape index (κ3) is 4.22. The quantitative estimate of drug-likeness (QED) is 0.876. The number of hydrogen-bond donors (Lipinski definition) is 1. The van der Waals surface area contributed by atoms with Crippen molar-refractivity contribution in [1.29, 1.82) is 0 Å². The molecule has 1 nitrogen and oxygen atoms in total. The van der Waals surface area contributed by atoms with Crippen molar-refractivity contribution in [2.45, 2.75) is 31.6 Å². The van der Waals surface area contributed by atoms with Gasteiger partial charge in [-0.1, -0.05) is 32.4 Å². The van der Waals surface area contributed by atoms with Gasteiger partial charge < -0.3 is 5.11 Å². The van der Waals surface area contributed by atoms with E-state index in [0.29, 0.717) is 0 Å². The molecular formula is C10H15ClOS2. The highest BCUT2D eigenvalue weighted by molar-refractivity contribution is 8.00. The Kier molecular flexibility index (Phi) is 4.31. The van der Waals surface area contributed by atoms with Crippen LogP contribution in [0.1, 0.15) is 31.8 Å². The summed E-state index contributed by atoms with van der Waals surface area (Å²) in [5.41, 5.74) is 0. The Balaban J connectivity index is 2.47. The Hall–Kier alpha value is 0.300. The maximum absolute atomic E-state index is 9.83. The molecule has 0 radical (unpaired) electrons. The van der Waals surface area contributed by atoms with E-state index in [1.807, 2.05) is 12.1 Å². The summed E-state index contributed by atoms with van der Waals surface area (Å²) in [6, 6.07) is 3.72. The van der Waals surface area contributed by atoms with Crippen molar-refractivity contribution in [2.24, 2.45) is 0 Å². The normalized spacial score (nSPS) is 14.4. The summed E-state index contributed by atoms with van der Waals surface area (Å²) < 4.78 is 0.932. The second-order valence-electron chi connectivity index (χ2n) is 4.08. The van der Waals surface area contributed by atoms with E-state index in [4.69, 9.17) is 11.6 Å². The predicted octanol–water partition coefficient (Wildman–Crippen LogP) is 3.97. The summed E-state index contributed by atoms with van der Waals surface area (Å²) >= 11 is 9.00. The molecule has 4 heteroatoms. The number of aliphatic hydroxyl groups excluding tert-OH is 1. The summed E-state index contributed by atoms with van der Waals surface area (Å²) in [5, 5.41) is 9.83. The predicted molar refractivity (Wildman–Crippen MR) is 66.5 cm³/mol. The fourth-order valence-corrected chi connectivity index (χ4v) is 2.91. The lowest BCUT2D eigenvalue weighted by Gasteiger charge is -2.19. The van der Waals surface area contributed by atoms with Gasteiger partial charge in [0.25, 0.3) is 0 Å². The monoisotopic (exact) mass is 250 g/mol. The molecule has 0 aromatic carbocycles. The van der Waals surface area contributed by atoms with Crippen LogP contribution in [0.25, 0.3) is 0 Å². The largest absolute Gasteiger partial charge is 0.387 e. The van der Waals surface area contributed by atoms with Crippen molar-refractivity contribution < 1.29 is 5.11 Å². The Bertz CT molecular complexity index is 291. The summed E-state index contributed by atoms with van der Waals surface area (Å²) in [7, 11) is 0. The van der Waals surface area contributed by atoms with Crippen LogP contribution in [0.5, 0.6) is 0 Å². The molecule has 0 spiro atoms. The van der Waals surface area contributed by atoms with Gasteiger partial charge in [-0.2, -0.15) is 11.8 Å². The molecule has 14 heavy (non-hydrogen) atoms. The summed E-state index contributed by atoms with van der Waals surface area (Å²) in [6.45, 7) is 6.43. The molecule has 1 atom stereocenters. The molecule has 1 N–H and O–H groups in total. The van der Waals surface area contributed by atoms with Gasteiger partial charge in [0.2, 0.25) is 0 Å². The number of thioether (sulfide) groups is 1. The number of hydrogen-bond acceptors (Lipinski definition) is 3. The minimum Gasteiger partial charge on any atom is -0.387 e. The molecule has 0 saturated heterocycles. The van der Waals surface area contributed by atoms with E-state index in [0.717, 1.165) is 15.0 Å². The molecule has 80 valence electrons. The first kappa shape index (κ1) is 12.4. The minimum absolute atomic E-state index is 0.196. The van der Waals surface area contributed by atoms with E-state index in [2.05, 4.69) is 20.8 Å².